The first kappa shape index (κ1) is 17.7. The molecule has 1 aromatic rings. The van der Waals surface area contributed by atoms with E-state index in [-0.39, 0.29) is 23.0 Å². The lowest BCUT2D eigenvalue weighted by molar-refractivity contribution is -0.386. The molecule has 0 saturated carbocycles. The summed E-state index contributed by atoms with van der Waals surface area (Å²) in [6.45, 7) is 2.15. The standard InChI is InChI=1S/C12H19N3O4S2/c1-9(8-20-3)7-14-21(18,19)11-6-4-5-10(13-2)12(11)15(16)17/h4-6,9,13-14H,7-8H2,1-3H3. The minimum atomic E-state index is -3.92. The quantitative estimate of drug-likeness (QED) is 0.557. The van der Waals surface area contributed by atoms with Gasteiger partial charge in [0.05, 0.1) is 4.92 Å². The summed E-state index contributed by atoms with van der Waals surface area (Å²) in [5.41, 5.74) is -0.273. The Balaban J connectivity index is 3.11. The fourth-order valence-electron chi connectivity index (χ4n) is 1.80. The van der Waals surface area contributed by atoms with Crippen molar-refractivity contribution in [3.05, 3.63) is 28.3 Å². The maximum Gasteiger partial charge on any atom is 0.312 e. The Hall–Kier alpha value is -1.32. The molecule has 1 atom stereocenters. The Labute approximate surface area is 128 Å². The third-order valence-corrected chi connectivity index (χ3v) is 5.17. The first-order chi connectivity index (χ1) is 9.83. The topological polar surface area (TPSA) is 101 Å². The van der Waals surface area contributed by atoms with Crippen molar-refractivity contribution in [2.75, 3.05) is 30.9 Å². The summed E-state index contributed by atoms with van der Waals surface area (Å²) in [6, 6.07) is 4.17. The van der Waals surface area contributed by atoms with Crippen molar-refractivity contribution < 1.29 is 13.3 Å². The van der Waals surface area contributed by atoms with Crippen LogP contribution in [0.25, 0.3) is 0 Å². The lowest BCUT2D eigenvalue weighted by Crippen LogP contribution is -2.29. The van der Waals surface area contributed by atoms with Gasteiger partial charge >= 0.3 is 5.69 Å². The van der Waals surface area contributed by atoms with Crippen molar-refractivity contribution in [3.63, 3.8) is 0 Å². The number of nitro groups is 1. The zero-order chi connectivity index (χ0) is 16.0. The first-order valence-corrected chi connectivity index (χ1v) is 9.15. The second-order valence-electron chi connectivity index (χ2n) is 4.57. The highest BCUT2D eigenvalue weighted by Gasteiger charge is 2.28. The summed E-state index contributed by atoms with van der Waals surface area (Å²) in [4.78, 5) is 10.1. The van der Waals surface area contributed by atoms with E-state index in [1.807, 2.05) is 13.2 Å². The van der Waals surface area contributed by atoms with E-state index in [4.69, 9.17) is 0 Å². The van der Waals surface area contributed by atoms with Crippen LogP contribution in [0.5, 0.6) is 0 Å². The lowest BCUT2D eigenvalue weighted by Gasteiger charge is -2.13. The van der Waals surface area contributed by atoms with Crippen LogP contribution in [0, 0.1) is 16.0 Å². The van der Waals surface area contributed by atoms with Gasteiger partial charge in [-0.3, -0.25) is 10.1 Å². The van der Waals surface area contributed by atoms with Gasteiger partial charge in [0, 0.05) is 13.6 Å². The van der Waals surface area contributed by atoms with Gasteiger partial charge in [-0.25, -0.2) is 13.1 Å². The molecule has 0 aliphatic carbocycles. The van der Waals surface area contributed by atoms with Gasteiger partial charge in [0.1, 0.15) is 5.69 Å². The van der Waals surface area contributed by atoms with Crippen molar-refractivity contribution >= 4 is 33.2 Å². The monoisotopic (exact) mass is 333 g/mol. The fourth-order valence-corrected chi connectivity index (χ4v) is 3.85. The number of hydrogen-bond donors (Lipinski definition) is 2. The molecule has 1 unspecified atom stereocenters. The molecule has 118 valence electrons. The molecule has 0 aromatic heterocycles. The highest BCUT2D eigenvalue weighted by atomic mass is 32.2. The first-order valence-electron chi connectivity index (χ1n) is 6.27. The zero-order valence-electron chi connectivity index (χ0n) is 12.1. The van der Waals surface area contributed by atoms with Gasteiger partial charge in [0.15, 0.2) is 4.90 Å². The van der Waals surface area contributed by atoms with Crippen molar-refractivity contribution in [1.82, 2.24) is 4.72 Å². The van der Waals surface area contributed by atoms with Crippen LogP contribution in [-0.2, 0) is 10.0 Å². The Kier molecular flexibility index (Phi) is 6.43. The van der Waals surface area contributed by atoms with Crippen LogP contribution < -0.4 is 10.0 Å². The molecular weight excluding hydrogens is 314 g/mol. The van der Waals surface area contributed by atoms with Crippen LogP contribution in [0.4, 0.5) is 11.4 Å². The summed E-state index contributed by atoms with van der Waals surface area (Å²) in [5, 5.41) is 13.8. The molecule has 0 aliphatic rings. The largest absolute Gasteiger partial charge is 0.383 e. The summed E-state index contributed by atoms with van der Waals surface area (Å²) in [5.74, 6) is 0.947. The Morgan fingerprint density at radius 3 is 2.62 bits per heavy atom. The SMILES string of the molecule is CNc1cccc(S(=O)(=O)NCC(C)CSC)c1[N+](=O)[O-]. The van der Waals surface area contributed by atoms with Crippen LogP contribution in [0.2, 0.25) is 0 Å². The predicted molar refractivity (Wildman–Crippen MR) is 85.4 cm³/mol. The number of hydrogen-bond acceptors (Lipinski definition) is 6. The van der Waals surface area contributed by atoms with Gasteiger partial charge in [0.2, 0.25) is 10.0 Å². The molecule has 0 aliphatic heterocycles. The van der Waals surface area contributed by atoms with Crippen LogP contribution in [0.3, 0.4) is 0 Å². The molecule has 0 fully saturated rings. The van der Waals surface area contributed by atoms with E-state index in [0.717, 1.165) is 5.75 Å². The number of anilines is 1. The highest BCUT2D eigenvalue weighted by molar-refractivity contribution is 7.98. The van der Waals surface area contributed by atoms with Gasteiger partial charge in [0.25, 0.3) is 0 Å². The lowest BCUT2D eigenvalue weighted by atomic mass is 10.2. The minimum Gasteiger partial charge on any atom is -0.383 e. The zero-order valence-corrected chi connectivity index (χ0v) is 13.8. The van der Waals surface area contributed by atoms with E-state index in [2.05, 4.69) is 10.0 Å². The molecule has 0 bridgehead atoms. The fraction of sp³-hybridized carbons (Fsp3) is 0.500. The molecule has 1 rings (SSSR count). The Bertz CT molecular complexity index is 605. The van der Waals surface area contributed by atoms with Crippen LogP contribution in [-0.4, -0.2) is 38.9 Å². The number of nitro benzene ring substituents is 1. The maximum absolute atomic E-state index is 12.3. The van der Waals surface area contributed by atoms with E-state index < -0.39 is 20.6 Å². The minimum absolute atomic E-state index is 0.140. The maximum atomic E-state index is 12.3. The summed E-state index contributed by atoms with van der Waals surface area (Å²) in [6.07, 6.45) is 1.94. The van der Waals surface area contributed by atoms with Crippen LogP contribution in [0.1, 0.15) is 6.92 Å². The highest BCUT2D eigenvalue weighted by Crippen LogP contribution is 2.31. The van der Waals surface area contributed by atoms with Crippen molar-refractivity contribution in [2.24, 2.45) is 5.92 Å². The van der Waals surface area contributed by atoms with E-state index in [1.165, 1.54) is 25.2 Å². The predicted octanol–water partition coefficient (Wildman–Crippen LogP) is 1.91. The van der Waals surface area contributed by atoms with E-state index in [9.17, 15) is 18.5 Å². The van der Waals surface area contributed by atoms with Crippen LogP contribution >= 0.6 is 11.8 Å². The molecule has 0 amide bonds. The number of para-hydroxylation sites is 1. The summed E-state index contributed by atoms with van der Waals surface area (Å²) < 4.78 is 27.0. The third kappa shape index (κ3) is 4.58. The third-order valence-electron chi connectivity index (χ3n) is 2.81. The molecule has 2 N–H and O–H groups in total. The average molecular weight is 333 g/mol. The van der Waals surface area contributed by atoms with E-state index >= 15 is 0 Å². The van der Waals surface area contributed by atoms with Crippen molar-refractivity contribution in [3.8, 4) is 0 Å². The van der Waals surface area contributed by atoms with Crippen molar-refractivity contribution in [1.29, 1.82) is 0 Å². The number of sulfonamides is 1. The molecule has 0 radical (unpaired) electrons. The molecule has 0 saturated heterocycles. The molecular formula is C12H19N3O4S2. The molecule has 1 aromatic carbocycles. The number of thioether (sulfide) groups is 1. The number of rotatable bonds is 8. The molecule has 9 heteroatoms. The number of nitrogens with zero attached hydrogens (tertiary/aromatic N) is 1. The van der Waals surface area contributed by atoms with Gasteiger partial charge in [-0.1, -0.05) is 13.0 Å². The normalized spacial score (nSPS) is 12.9. The van der Waals surface area contributed by atoms with Gasteiger partial charge in [-0.05, 0) is 30.1 Å². The Morgan fingerprint density at radius 1 is 1.43 bits per heavy atom. The molecule has 7 nitrogen and oxygen atoms in total. The van der Waals surface area contributed by atoms with Gasteiger partial charge in [-0.15, -0.1) is 0 Å². The summed E-state index contributed by atoms with van der Waals surface area (Å²) >= 11 is 1.62. The number of nitrogens with one attached hydrogen (secondary N) is 2. The average Bonchev–Trinajstić information content (AvgIpc) is 2.44. The molecule has 21 heavy (non-hydrogen) atoms. The van der Waals surface area contributed by atoms with Gasteiger partial charge in [-0.2, -0.15) is 11.8 Å². The second-order valence-corrected chi connectivity index (χ2v) is 7.22. The van der Waals surface area contributed by atoms with Crippen LogP contribution in [0.15, 0.2) is 23.1 Å². The van der Waals surface area contributed by atoms with Gasteiger partial charge < -0.3 is 5.32 Å². The van der Waals surface area contributed by atoms with Crippen molar-refractivity contribution in [2.45, 2.75) is 11.8 Å². The molecule has 0 spiro atoms. The van der Waals surface area contributed by atoms with E-state index in [1.54, 1.807) is 11.8 Å². The molecule has 0 heterocycles. The summed E-state index contributed by atoms with van der Waals surface area (Å²) in [7, 11) is -2.42. The second kappa shape index (κ2) is 7.62. The van der Waals surface area contributed by atoms with E-state index in [0.29, 0.717) is 0 Å². The Morgan fingerprint density at radius 2 is 2.10 bits per heavy atom. The number of benzene rings is 1. The smallest absolute Gasteiger partial charge is 0.312 e.